The molecule has 5 nitrogen and oxygen atoms in total. The number of nitro benzene ring substituents is 1. The van der Waals surface area contributed by atoms with Gasteiger partial charge in [0.1, 0.15) is 12.1 Å². The van der Waals surface area contributed by atoms with Gasteiger partial charge in [0.2, 0.25) is 0 Å². The van der Waals surface area contributed by atoms with E-state index < -0.39 is 22.2 Å². The second kappa shape index (κ2) is 3.82. The van der Waals surface area contributed by atoms with Crippen LogP contribution >= 0.6 is 0 Å². The summed E-state index contributed by atoms with van der Waals surface area (Å²) < 4.78 is 12.9. The summed E-state index contributed by atoms with van der Waals surface area (Å²) in [5.41, 5.74) is -0.715. The molecule has 0 unspecified atom stereocenters. The molecule has 0 bridgehead atoms. The first-order chi connectivity index (χ1) is 6.56. The average molecular weight is 199 g/mol. The molecule has 14 heavy (non-hydrogen) atoms. The maximum absolute atomic E-state index is 12.9. The molecule has 0 atom stereocenters. The van der Waals surface area contributed by atoms with Gasteiger partial charge in [-0.05, 0) is 0 Å². The minimum atomic E-state index is -0.844. The van der Waals surface area contributed by atoms with Crippen molar-refractivity contribution in [3.63, 3.8) is 0 Å². The molecule has 1 aromatic carbocycles. The Morgan fingerprint density at radius 3 is 2.71 bits per heavy atom. The first-order valence-corrected chi connectivity index (χ1v) is 3.65. The molecule has 0 saturated carbocycles. The van der Waals surface area contributed by atoms with Crippen molar-refractivity contribution < 1.29 is 19.2 Å². The van der Waals surface area contributed by atoms with Crippen LogP contribution in [0.2, 0.25) is 0 Å². The van der Waals surface area contributed by atoms with Gasteiger partial charge in [0.05, 0.1) is 4.92 Å². The molecule has 0 aliphatic rings. The van der Waals surface area contributed by atoms with E-state index in [-0.39, 0.29) is 12.0 Å². The molecule has 0 aliphatic heterocycles. The van der Waals surface area contributed by atoms with Gasteiger partial charge in [-0.2, -0.15) is 0 Å². The molecule has 1 aromatic rings. The Morgan fingerprint density at radius 1 is 1.57 bits per heavy atom. The third-order valence-corrected chi connectivity index (χ3v) is 1.64. The number of carbonyl (C=O) groups excluding carboxylic acids is 1. The first kappa shape index (κ1) is 10.1. The Morgan fingerprint density at radius 2 is 2.21 bits per heavy atom. The standard InChI is InChI=1S/C8H6FNO4/c9-6-4-8(12)7(10(13)14)3-5(6)1-2-11/h2-4,12H,1H2. The van der Waals surface area contributed by atoms with E-state index in [1.54, 1.807) is 0 Å². The Bertz CT molecular complexity index is 391. The lowest BCUT2D eigenvalue weighted by Crippen LogP contribution is -1.96. The highest BCUT2D eigenvalue weighted by Gasteiger charge is 2.17. The number of phenols is 1. The number of carbonyl (C=O) groups is 1. The number of nitrogens with zero attached hydrogens (tertiary/aromatic N) is 1. The van der Waals surface area contributed by atoms with Gasteiger partial charge in [0, 0.05) is 24.1 Å². The monoisotopic (exact) mass is 199 g/mol. The van der Waals surface area contributed by atoms with Crippen molar-refractivity contribution in [1.82, 2.24) is 0 Å². The molecular formula is C8H6FNO4. The van der Waals surface area contributed by atoms with Gasteiger partial charge in [-0.25, -0.2) is 4.39 Å². The van der Waals surface area contributed by atoms with Crippen molar-refractivity contribution in [2.45, 2.75) is 6.42 Å². The molecular weight excluding hydrogens is 193 g/mol. The number of halogens is 1. The fourth-order valence-electron chi connectivity index (χ4n) is 0.987. The lowest BCUT2D eigenvalue weighted by molar-refractivity contribution is -0.386. The predicted octanol–water partition coefficient (Wildman–Crippen LogP) is 1.18. The van der Waals surface area contributed by atoms with E-state index in [0.717, 1.165) is 6.07 Å². The molecule has 74 valence electrons. The van der Waals surface area contributed by atoms with Crippen LogP contribution < -0.4 is 0 Å². The second-order valence-corrected chi connectivity index (χ2v) is 2.56. The van der Waals surface area contributed by atoms with Crippen molar-refractivity contribution >= 4 is 12.0 Å². The van der Waals surface area contributed by atoms with E-state index in [1.165, 1.54) is 0 Å². The van der Waals surface area contributed by atoms with Gasteiger partial charge in [0.25, 0.3) is 0 Å². The normalized spacial score (nSPS) is 9.79. The summed E-state index contributed by atoms with van der Waals surface area (Å²) in [5.74, 6) is -1.58. The van der Waals surface area contributed by atoms with Gasteiger partial charge in [-0.1, -0.05) is 0 Å². The Balaban J connectivity index is 3.26. The van der Waals surface area contributed by atoms with E-state index in [0.29, 0.717) is 12.4 Å². The Kier molecular flexibility index (Phi) is 2.76. The number of benzene rings is 1. The molecule has 1 N–H and O–H groups in total. The highest BCUT2D eigenvalue weighted by atomic mass is 19.1. The molecule has 1 rings (SSSR count). The molecule has 0 fully saturated rings. The van der Waals surface area contributed by atoms with E-state index in [2.05, 4.69) is 0 Å². The van der Waals surface area contributed by atoms with Crippen LogP contribution in [0.15, 0.2) is 12.1 Å². The van der Waals surface area contributed by atoms with Gasteiger partial charge in [0.15, 0.2) is 5.75 Å². The van der Waals surface area contributed by atoms with Crippen LogP contribution in [0.3, 0.4) is 0 Å². The number of hydrogen-bond donors (Lipinski definition) is 1. The quantitative estimate of drug-likeness (QED) is 0.450. The Labute approximate surface area is 77.9 Å². The molecule has 0 amide bonds. The zero-order chi connectivity index (χ0) is 10.7. The van der Waals surface area contributed by atoms with E-state index >= 15 is 0 Å². The summed E-state index contributed by atoms with van der Waals surface area (Å²) in [7, 11) is 0. The van der Waals surface area contributed by atoms with Crippen molar-refractivity contribution in [3.8, 4) is 5.75 Å². The van der Waals surface area contributed by atoms with Gasteiger partial charge in [-0.3, -0.25) is 10.1 Å². The first-order valence-electron chi connectivity index (χ1n) is 3.65. The molecule has 0 radical (unpaired) electrons. The summed E-state index contributed by atoms with van der Waals surface area (Å²) in [6.45, 7) is 0. The van der Waals surface area contributed by atoms with Gasteiger partial charge < -0.3 is 9.90 Å². The van der Waals surface area contributed by atoms with Crippen LogP contribution in [-0.4, -0.2) is 16.3 Å². The van der Waals surface area contributed by atoms with Crippen LogP contribution in [0.1, 0.15) is 5.56 Å². The van der Waals surface area contributed by atoms with Crippen LogP contribution in [-0.2, 0) is 11.2 Å². The number of hydrogen-bond acceptors (Lipinski definition) is 4. The fraction of sp³-hybridized carbons (Fsp3) is 0.125. The van der Waals surface area contributed by atoms with Crippen molar-refractivity contribution in [1.29, 1.82) is 0 Å². The molecule has 0 spiro atoms. The molecule has 0 aromatic heterocycles. The minimum absolute atomic E-state index is 0.107. The van der Waals surface area contributed by atoms with Crippen LogP contribution in [0, 0.1) is 15.9 Å². The fourth-order valence-corrected chi connectivity index (χ4v) is 0.987. The van der Waals surface area contributed by atoms with Crippen LogP contribution in [0.25, 0.3) is 0 Å². The van der Waals surface area contributed by atoms with E-state index in [9.17, 15) is 19.3 Å². The smallest absolute Gasteiger partial charge is 0.311 e. The zero-order valence-corrected chi connectivity index (χ0v) is 6.94. The number of aromatic hydroxyl groups is 1. The Hall–Kier alpha value is -1.98. The van der Waals surface area contributed by atoms with Gasteiger partial charge >= 0.3 is 5.69 Å². The second-order valence-electron chi connectivity index (χ2n) is 2.56. The minimum Gasteiger partial charge on any atom is -0.502 e. The highest BCUT2D eigenvalue weighted by Crippen LogP contribution is 2.28. The zero-order valence-electron chi connectivity index (χ0n) is 6.94. The van der Waals surface area contributed by atoms with Crippen molar-refractivity contribution in [2.24, 2.45) is 0 Å². The van der Waals surface area contributed by atoms with Crippen LogP contribution in [0.4, 0.5) is 10.1 Å². The SMILES string of the molecule is O=CCc1cc([N+](=O)[O-])c(O)cc1F. The average Bonchev–Trinajstić information content (AvgIpc) is 2.09. The third-order valence-electron chi connectivity index (χ3n) is 1.64. The number of nitro groups is 1. The third kappa shape index (κ3) is 1.85. The molecule has 0 saturated heterocycles. The number of aldehydes is 1. The van der Waals surface area contributed by atoms with Crippen molar-refractivity contribution in [2.75, 3.05) is 0 Å². The summed E-state index contributed by atoms with van der Waals surface area (Å²) in [5, 5.41) is 19.3. The lowest BCUT2D eigenvalue weighted by atomic mass is 10.1. The maximum Gasteiger partial charge on any atom is 0.311 e. The van der Waals surface area contributed by atoms with Crippen molar-refractivity contribution in [3.05, 3.63) is 33.6 Å². The molecule has 0 heterocycles. The summed E-state index contributed by atoms with van der Waals surface area (Å²) in [4.78, 5) is 19.6. The summed E-state index contributed by atoms with van der Waals surface area (Å²) in [6.07, 6.45) is 0.173. The molecule has 6 heteroatoms. The van der Waals surface area contributed by atoms with E-state index in [1.807, 2.05) is 0 Å². The summed E-state index contributed by atoms with van der Waals surface area (Å²) in [6, 6.07) is 1.47. The topological polar surface area (TPSA) is 80.4 Å². The molecule has 0 aliphatic carbocycles. The number of rotatable bonds is 3. The largest absolute Gasteiger partial charge is 0.502 e. The van der Waals surface area contributed by atoms with E-state index in [4.69, 9.17) is 5.11 Å². The lowest BCUT2D eigenvalue weighted by Gasteiger charge is -2.00. The summed E-state index contributed by atoms with van der Waals surface area (Å²) >= 11 is 0. The predicted molar refractivity (Wildman–Crippen MR) is 44.5 cm³/mol. The highest BCUT2D eigenvalue weighted by molar-refractivity contribution is 5.58. The van der Waals surface area contributed by atoms with Gasteiger partial charge in [-0.15, -0.1) is 0 Å². The maximum atomic E-state index is 12.9. The van der Waals surface area contributed by atoms with Crippen LogP contribution in [0.5, 0.6) is 5.75 Å². The number of phenolic OH excluding ortho intramolecular Hbond substituents is 1.